The second-order valence-electron chi connectivity index (χ2n) is 6.87. The summed E-state index contributed by atoms with van der Waals surface area (Å²) in [5.41, 5.74) is 10.3. The van der Waals surface area contributed by atoms with Crippen LogP contribution in [0.15, 0.2) is 6.07 Å². The van der Waals surface area contributed by atoms with E-state index in [4.69, 9.17) is 4.98 Å². The van der Waals surface area contributed by atoms with Crippen molar-refractivity contribution in [1.29, 1.82) is 0 Å². The molecule has 0 fully saturated rings. The second kappa shape index (κ2) is 3.70. The number of hydrogen-bond acceptors (Lipinski definition) is 3. The number of nitrogens with zero attached hydrogens (tertiary/aromatic N) is 1. The lowest BCUT2D eigenvalue weighted by Gasteiger charge is -2.29. The molecule has 0 amide bonds. The fourth-order valence-electron chi connectivity index (χ4n) is 2.16. The molecule has 0 atom stereocenters. The van der Waals surface area contributed by atoms with Crippen LogP contribution < -0.4 is 10.9 Å². The van der Waals surface area contributed by atoms with Gasteiger partial charge in [-0.15, -0.1) is 0 Å². The maximum absolute atomic E-state index is 4.82. The number of anilines is 1. The van der Waals surface area contributed by atoms with Gasteiger partial charge in [0, 0.05) is 17.5 Å². The molecule has 0 radical (unpaired) electrons. The Morgan fingerprint density at radius 1 is 1.06 bits per heavy atom. The van der Waals surface area contributed by atoms with Crippen LogP contribution in [0.2, 0.25) is 0 Å². The molecular formula is C14H23N3. The average molecular weight is 233 g/mol. The molecule has 0 aliphatic carbocycles. The van der Waals surface area contributed by atoms with Gasteiger partial charge in [-0.2, -0.15) is 0 Å². The van der Waals surface area contributed by atoms with Crippen molar-refractivity contribution in [2.24, 2.45) is 0 Å². The average Bonchev–Trinajstić information content (AvgIpc) is 2.59. The molecule has 3 heteroatoms. The molecule has 3 nitrogen and oxygen atoms in total. The Morgan fingerprint density at radius 3 is 2.24 bits per heavy atom. The van der Waals surface area contributed by atoms with Crippen LogP contribution in [0.25, 0.3) is 0 Å². The molecule has 0 aromatic carbocycles. The fraction of sp³-hybridized carbons (Fsp3) is 0.643. The molecule has 2 N–H and O–H groups in total. The van der Waals surface area contributed by atoms with Crippen LogP contribution in [0, 0.1) is 0 Å². The highest BCUT2D eigenvalue weighted by molar-refractivity contribution is 5.52. The highest BCUT2D eigenvalue weighted by Crippen LogP contribution is 2.35. The number of pyridine rings is 1. The first-order valence-corrected chi connectivity index (χ1v) is 6.23. The number of rotatable bonds is 0. The number of hydrogen-bond donors (Lipinski definition) is 2. The van der Waals surface area contributed by atoms with Gasteiger partial charge < -0.3 is 5.43 Å². The van der Waals surface area contributed by atoms with Gasteiger partial charge in [-0.05, 0) is 17.0 Å². The maximum atomic E-state index is 4.82. The van der Waals surface area contributed by atoms with Gasteiger partial charge in [0.25, 0.3) is 0 Å². The molecule has 0 bridgehead atoms. The van der Waals surface area contributed by atoms with Crippen LogP contribution in [0.4, 0.5) is 5.82 Å². The molecule has 0 unspecified atom stereocenters. The Hall–Kier alpha value is -1.09. The molecule has 2 heterocycles. The van der Waals surface area contributed by atoms with E-state index in [0.717, 1.165) is 12.4 Å². The number of aromatic nitrogens is 1. The molecular weight excluding hydrogens is 210 g/mol. The monoisotopic (exact) mass is 233 g/mol. The molecule has 0 saturated heterocycles. The normalized spacial score (nSPS) is 15.6. The van der Waals surface area contributed by atoms with E-state index in [2.05, 4.69) is 58.5 Å². The van der Waals surface area contributed by atoms with Crippen molar-refractivity contribution < 1.29 is 0 Å². The molecule has 1 aromatic rings. The van der Waals surface area contributed by atoms with Crippen molar-refractivity contribution in [3.05, 3.63) is 22.9 Å². The minimum Gasteiger partial charge on any atom is -0.305 e. The lowest BCUT2D eigenvalue weighted by Crippen LogP contribution is -2.24. The van der Waals surface area contributed by atoms with Crippen molar-refractivity contribution >= 4 is 5.82 Å². The zero-order chi connectivity index (χ0) is 12.8. The molecule has 94 valence electrons. The Labute approximate surface area is 104 Å². The topological polar surface area (TPSA) is 37.0 Å². The van der Waals surface area contributed by atoms with Crippen LogP contribution in [-0.2, 0) is 17.4 Å². The standard InChI is InChI=1S/C14H23N3/c1-13(2,3)10-7-9-8-15-17-12(9)16-11(10)14(4,5)6/h7,15H,8H2,1-6H3,(H,16,17). The summed E-state index contributed by atoms with van der Waals surface area (Å²) in [6, 6.07) is 2.30. The summed E-state index contributed by atoms with van der Waals surface area (Å²) in [5, 5.41) is 0. The van der Waals surface area contributed by atoms with E-state index in [1.807, 2.05) is 0 Å². The zero-order valence-corrected chi connectivity index (χ0v) is 11.7. The van der Waals surface area contributed by atoms with E-state index in [0.29, 0.717) is 0 Å². The van der Waals surface area contributed by atoms with E-state index in [1.165, 1.54) is 16.8 Å². The third kappa shape index (κ3) is 2.29. The molecule has 1 aliphatic heterocycles. The Bertz CT molecular complexity index is 395. The van der Waals surface area contributed by atoms with Gasteiger partial charge in [-0.25, -0.2) is 10.4 Å². The molecule has 0 spiro atoms. The van der Waals surface area contributed by atoms with Gasteiger partial charge in [-0.3, -0.25) is 0 Å². The minimum absolute atomic E-state index is 0.0713. The number of hydrazine groups is 1. The van der Waals surface area contributed by atoms with Gasteiger partial charge in [0.05, 0.1) is 5.69 Å². The molecule has 0 saturated carbocycles. The molecule has 17 heavy (non-hydrogen) atoms. The predicted molar refractivity (Wildman–Crippen MR) is 72.1 cm³/mol. The van der Waals surface area contributed by atoms with E-state index >= 15 is 0 Å². The van der Waals surface area contributed by atoms with Crippen LogP contribution >= 0.6 is 0 Å². The predicted octanol–water partition coefficient (Wildman–Crippen LogP) is 3.11. The summed E-state index contributed by atoms with van der Waals surface area (Å²) in [5.74, 6) is 0.989. The quantitative estimate of drug-likeness (QED) is 0.723. The van der Waals surface area contributed by atoms with Gasteiger partial charge >= 0.3 is 0 Å². The summed E-state index contributed by atoms with van der Waals surface area (Å²) >= 11 is 0. The van der Waals surface area contributed by atoms with Crippen molar-refractivity contribution in [1.82, 2.24) is 10.4 Å². The first-order chi connectivity index (χ1) is 7.69. The van der Waals surface area contributed by atoms with Crippen LogP contribution in [0.1, 0.15) is 58.4 Å². The summed E-state index contributed by atoms with van der Waals surface area (Å²) in [4.78, 5) is 4.82. The van der Waals surface area contributed by atoms with Crippen LogP contribution in [-0.4, -0.2) is 4.98 Å². The largest absolute Gasteiger partial charge is 0.305 e. The first-order valence-electron chi connectivity index (χ1n) is 6.23. The first kappa shape index (κ1) is 12.4. The SMILES string of the molecule is CC(C)(C)c1cc2c(nc1C(C)(C)C)NNC2. The molecule has 1 aromatic heterocycles. The van der Waals surface area contributed by atoms with Crippen molar-refractivity contribution in [3.63, 3.8) is 0 Å². The lowest BCUT2D eigenvalue weighted by atomic mass is 9.78. The third-order valence-corrected chi connectivity index (χ3v) is 3.11. The Kier molecular flexibility index (Phi) is 2.69. The van der Waals surface area contributed by atoms with Gasteiger partial charge in [0.1, 0.15) is 5.82 Å². The zero-order valence-electron chi connectivity index (χ0n) is 11.7. The fourth-order valence-corrected chi connectivity index (χ4v) is 2.16. The maximum Gasteiger partial charge on any atom is 0.145 e. The van der Waals surface area contributed by atoms with Gasteiger partial charge in [0.15, 0.2) is 0 Å². The third-order valence-electron chi connectivity index (χ3n) is 3.11. The number of fused-ring (bicyclic) bond motifs is 1. The Morgan fingerprint density at radius 2 is 1.71 bits per heavy atom. The second-order valence-corrected chi connectivity index (χ2v) is 6.87. The molecule has 1 aliphatic rings. The van der Waals surface area contributed by atoms with E-state index in [9.17, 15) is 0 Å². The lowest BCUT2D eigenvalue weighted by molar-refractivity contribution is 0.514. The van der Waals surface area contributed by atoms with Crippen molar-refractivity contribution in [2.75, 3.05) is 5.43 Å². The van der Waals surface area contributed by atoms with E-state index < -0.39 is 0 Å². The number of nitrogens with one attached hydrogen (secondary N) is 2. The summed E-state index contributed by atoms with van der Waals surface area (Å²) < 4.78 is 0. The highest BCUT2D eigenvalue weighted by atomic mass is 15.4. The van der Waals surface area contributed by atoms with Gasteiger partial charge in [0.2, 0.25) is 0 Å². The summed E-state index contributed by atoms with van der Waals surface area (Å²) in [6.45, 7) is 14.3. The summed E-state index contributed by atoms with van der Waals surface area (Å²) in [6.07, 6.45) is 0. The van der Waals surface area contributed by atoms with Crippen LogP contribution in [0.3, 0.4) is 0 Å². The van der Waals surface area contributed by atoms with Gasteiger partial charge in [-0.1, -0.05) is 41.5 Å². The Balaban J connectivity index is 2.64. The molecule has 2 rings (SSSR count). The van der Waals surface area contributed by atoms with Crippen molar-refractivity contribution in [2.45, 2.75) is 58.9 Å². The highest BCUT2D eigenvalue weighted by Gasteiger charge is 2.29. The summed E-state index contributed by atoms with van der Waals surface area (Å²) in [7, 11) is 0. The van der Waals surface area contributed by atoms with E-state index in [1.54, 1.807) is 0 Å². The minimum atomic E-state index is 0.0713. The van der Waals surface area contributed by atoms with Crippen LogP contribution in [0.5, 0.6) is 0 Å². The smallest absolute Gasteiger partial charge is 0.145 e. The van der Waals surface area contributed by atoms with Crippen molar-refractivity contribution in [3.8, 4) is 0 Å². The van der Waals surface area contributed by atoms with E-state index in [-0.39, 0.29) is 10.8 Å².